The van der Waals surface area contributed by atoms with Crippen molar-refractivity contribution >= 4 is 5.78 Å². The summed E-state index contributed by atoms with van der Waals surface area (Å²) in [5.74, 6) is 0.658. The van der Waals surface area contributed by atoms with Crippen LogP contribution < -0.4 is 5.56 Å². The second kappa shape index (κ2) is 2.22. The lowest BCUT2D eigenvalue weighted by molar-refractivity contribution is 0.899. The summed E-state index contributed by atoms with van der Waals surface area (Å²) in [6.07, 6.45) is 6.30. The summed E-state index contributed by atoms with van der Waals surface area (Å²) in [5.41, 5.74) is 2.10. The highest BCUT2D eigenvalue weighted by Crippen LogP contribution is 2.16. The maximum Gasteiger partial charge on any atom is 0.262 e. The molecule has 1 N–H and O–H groups in total. The molecule has 0 fully saturated rings. The van der Waals surface area contributed by atoms with E-state index in [1.807, 2.05) is 0 Å². The SMILES string of the molecule is O=c1c2c([nH]c3nccn13)CCC2. The molecule has 4 nitrogen and oxygen atoms in total. The maximum atomic E-state index is 11.8. The molecule has 0 amide bonds. The normalized spacial score (nSPS) is 15.1. The van der Waals surface area contributed by atoms with Crippen LogP contribution in [0, 0.1) is 0 Å². The van der Waals surface area contributed by atoms with Crippen LogP contribution in [0.1, 0.15) is 17.7 Å². The zero-order chi connectivity index (χ0) is 8.84. The number of H-pyrrole nitrogens is 1. The first-order valence-electron chi connectivity index (χ1n) is 4.43. The van der Waals surface area contributed by atoms with Gasteiger partial charge >= 0.3 is 0 Å². The maximum absolute atomic E-state index is 11.8. The molecule has 0 aromatic carbocycles. The number of rotatable bonds is 0. The average molecular weight is 175 g/mol. The molecule has 2 aromatic heterocycles. The highest BCUT2D eigenvalue weighted by atomic mass is 16.1. The Kier molecular flexibility index (Phi) is 1.17. The molecule has 1 aliphatic rings. The van der Waals surface area contributed by atoms with Crippen LogP contribution in [0.15, 0.2) is 17.2 Å². The molecule has 4 heteroatoms. The first kappa shape index (κ1) is 6.88. The fourth-order valence-electron chi connectivity index (χ4n) is 1.96. The van der Waals surface area contributed by atoms with Crippen LogP contribution in [0.3, 0.4) is 0 Å². The minimum absolute atomic E-state index is 0.0961. The zero-order valence-electron chi connectivity index (χ0n) is 7.08. The number of aryl methyl sites for hydroxylation is 1. The van der Waals surface area contributed by atoms with Crippen molar-refractivity contribution in [3.8, 4) is 0 Å². The minimum atomic E-state index is 0.0961. The summed E-state index contributed by atoms with van der Waals surface area (Å²) in [6, 6.07) is 0. The summed E-state index contributed by atoms with van der Waals surface area (Å²) in [6.45, 7) is 0. The lowest BCUT2D eigenvalue weighted by atomic mass is 10.3. The Balaban J connectivity index is 2.53. The van der Waals surface area contributed by atoms with Crippen molar-refractivity contribution in [3.63, 3.8) is 0 Å². The minimum Gasteiger partial charge on any atom is -0.328 e. The summed E-state index contributed by atoms with van der Waals surface area (Å²) < 4.78 is 1.57. The Morgan fingerprint density at radius 3 is 3.31 bits per heavy atom. The van der Waals surface area contributed by atoms with E-state index in [0.717, 1.165) is 30.5 Å². The molecule has 0 saturated carbocycles. The number of hydrogen-bond acceptors (Lipinski definition) is 2. The van der Waals surface area contributed by atoms with E-state index in [1.54, 1.807) is 16.8 Å². The van der Waals surface area contributed by atoms with Crippen LogP contribution in [-0.2, 0) is 12.8 Å². The predicted octanol–water partition coefficient (Wildman–Crippen LogP) is 0.511. The Hall–Kier alpha value is -1.58. The van der Waals surface area contributed by atoms with Crippen molar-refractivity contribution in [2.75, 3.05) is 0 Å². The van der Waals surface area contributed by atoms with Gasteiger partial charge in [-0.05, 0) is 19.3 Å². The summed E-state index contributed by atoms with van der Waals surface area (Å²) in [7, 11) is 0. The lowest BCUT2D eigenvalue weighted by Gasteiger charge is -1.99. The van der Waals surface area contributed by atoms with Gasteiger partial charge in [-0.15, -0.1) is 0 Å². The number of hydrogen-bond donors (Lipinski definition) is 1. The van der Waals surface area contributed by atoms with Crippen molar-refractivity contribution < 1.29 is 0 Å². The van der Waals surface area contributed by atoms with Gasteiger partial charge in [-0.25, -0.2) is 4.98 Å². The Morgan fingerprint density at radius 1 is 1.46 bits per heavy atom. The molecule has 0 atom stereocenters. The molecule has 1 aliphatic carbocycles. The second-order valence-electron chi connectivity index (χ2n) is 3.36. The molecule has 0 radical (unpaired) electrons. The topological polar surface area (TPSA) is 50.2 Å². The van der Waals surface area contributed by atoms with Crippen LogP contribution in [0.25, 0.3) is 5.78 Å². The molecular formula is C9H9N3O. The van der Waals surface area contributed by atoms with Gasteiger partial charge in [0, 0.05) is 23.7 Å². The highest BCUT2D eigenvalue weighted by Gasteiger charge is 2.16. The number of nitrogens with one attached hydrogen (secondary N) is 1. The number of nitrogens with zero attached hydrogens (tertiary/aromatic N) is 2. The number of imidazole rings is 1. The fourth-order valence-corrected chi connectivity index (χ4v) is 1.96. The van der Waals surface area contributed by atoms with E-state index < -0.39 is 0 Å². The van der Waals surface area contributed by atoms with E-state index in [4.69, 9.17) is 0 Å². The van der Waals surface area contributed by atoms with Gasteiger partial charge < -0.3 is 4.98 Å². The first-order valence-corrected chi connectivity index (χ1v) is 4.43. The van der Waals surface area contributed by atoms with E-state index in [0.29, 0.717) is 5.78 Å². The Morgan fingerprint density at radius 2 is 2.38 bits per heavy atom. The molecular weight excluding hydrogens is 166 g/mol. The van der Waals surface area contributed by atoms with Crippen molar-refractivity contribution in [1.29, 1.82) is 0 Å². The molecule has 2 heterocycles. The highest BCUT2D eigenvalue weighted by molar-refractivity contribution is 5.35. The lowest BCUT2D eigenvalue weighted by Crippen LogP contribution is -2.18. The largest absolute Gasteiger partial charge is 0.328 e. The van der Waals surface area contributed by atoms with Gasteiger partial charge in [0.15, 0.2) is 0 Å². The summed E-state index contributed by atoms with van der Waals surface area (Å²) in [4.78, 5) is 19.0. The van der Waals surface area contributed by atoms with Gasteiger partial charge in [-0.3, -0.25) is 9.20 Å². The van der Waals surface area contributed by atoms with Crippen LogP contribution in [0.5, 0.6) is 0 Å². The fraction of sp³-hybridized carbons (Fsp3) is 0.333. The third-order valence-electron chi connectivity index (χ3n) is 2.60. The number of aromatic amines is 1. The predicted molar refractivity (Wildman–Crippen MR) is 47.8 cm³/mol. The molecule has 0 saturated heterocycles. The molecule has 0 unspecified atom stereocenters. The van der Waals surface area contributed by atoms with Gasteiger partial charge in [0.2, 0.25) is 5.78 Å². The standard InChI is InChI=1S/C9H9N3O/c13-8-6-2-1-3-7(6)11-9-10-4-5-12(8)9/h4-5H,1-3H2,(H,10,11). The van der Waals surface area contributed by atoms with E-state index in [1.165, 1.54) is 0 Å². The third-order valence-corrected chi connectivity index (χ3v) is 2.60. The van der Waals surface area contributed by atoms with Crippen molar-refractivity contribution in [3.05, 3.63) is 34.0 Å². The van der Waals surface area contributed by atoms with Crippen LogP contribution in [0.4, 0.5) is 0 Å². The van der Waals surface area contributed by atoms with Gasteiger partial charge in [0.05, 0.1) is 0 Å². The molecule has 0 bridgehead atoms. The zero-order valence-corrected chi connectivity index (χ0v) is 7.08. The smallest absolute Gasteiger partial charge is 0.262 e. The van der Waals surface area contributed by atoms with Crippen molar-refractivity contribution in [1.82, 2.24) is 14.4 Å². The third kappa shape index (κ3) is 0.798. The van der Waals surface area contributed by atoms with Crippen molar-refractivity contribution in [2.24, 2.45) is 0 Å². The van der Waals surface area contributed by atoms with Gasteiger partial charge in [0.1, 0.15) is 0 Å². The average Bonchev–Trinajstić information content (AvgIpc) is 2.71. The molecule has 0 spiro atoms. The summed E-state index contributed by atoms with van der Waals surface area (Å²) >= 11 is 0. The van der Waals surface area contributed by atoms with Gasteiger partial charge in [0.25, 0.3) is 5.56 Å². The Bertz CT molecular complexity index is 523. The van der Waals surface area contributed by atoms with Gasteiger partial charge in [-0.2, -0.15) is 0 Å². The van der Waals surface area contributed by atoms with Crippen LogP contribution >= 0.6 is 0 Å². The monoisotopic (exact) mass is 175 g/mol. The second-order valence-corrected chi connectivity index (χ2v) is 3.36. The van der Waals surface area contributed by atoms with Crippen LogP contribution in [-0.4, -0.2) is 14.4 Å². The van der Waals surface area contributed by atoms with E-state index in [2.05, 4.69) is 9.97 Å². The van der Waals surface area contributed by atoms with E-state index in [-0.39, 0.29) is 5.56 Å². The molecule has 13 heavy (non-hydrogen) atoms. The number of aromatic nitrogens is 3. The molecule has 66 valence electrons. The van der Waals surface area contributed by atoms with Crippen molar-refractivity contribution in [2.45, 2.75) is 19.3 Å². The quantitative estimate of drug-likeness (QED) is 0.634. The first-order chi connectivity index (χ1) is 6.36. The van der Waals surface area contributed by atoms with Gasteiger partial charge in [-0.1, -0.05) is 0 Å². The molecule has 3 rings (SSSR count). The van der Waals surface area contributed by atoms with E-state index in [9.17, 15) is 4.79 Å². The number of fused-ring (bicyclic) bond motifs is 2. The molecule has 0 aliphatic heterocycles. The Labute approximate surface area is 74.2 Å². The van der Waals surface area contributed by atoms with E-state index >= 15 is 0 Å². The summed E-state index contributed by atoms with van der Waals surface area (Å²) in [5, 5.41) is 0. The molecule has 2 aromatic rings. The van der Waals surface area contributed by atoms with Crippen LogP contribution in [0.2, 0.25) is 0 Å².